The minimum Gasteiger partial charge on any atom is -0.379 e. The predicted octanol–water partition coefficient (Wildman–Crippen LogP) is 7.84. The molecule has 0 heterocycles. The number of hydrogen-bond acceptors (Lipinski definition) is 11. The molecule has 0 aliphatic heterocycles. The van der Waals surface area contributed by atoms with Crippen LogP contribution in [0.5, 0.6) is 0 Å². The van der Waals surface area contributed by atoms with E-state index in [2.05, 4.69) is 6.92 Å². The highest BCUT2D eigenvalue weighted by molar-refractivity contribution is 4.50. The number of rotatable bonds is 48. The van der Waals surface area contributed by atoms with Gasteiger partial charge in [-0.1, -0.05) is 103 Å². The molecule has 0 bridgehead atoms. The minimum atomic E-state index is 0.235. The Morgan fingerprint density at radius 3 is 0.654 bits per heavy atom. The van der Waals surface area contributed by atoms with Crippen molar-refractivity contribution >= 4 is 0 Å². The topological polar surface area (TPSA) is 102 Å². The summed E-state index contributed by atoms with van der Waals surface area (Å²) < 4.78 is 60.6. The van der Waals surface area contributed by atoms with Gasteiger partial charge in [0.2, 0.25) is 0 Å². The molecular formula is C41H84O11. The highest BCUT2D eigenvalue weighted by atomic mass is 16.6. The molecule has 0 saturated carbocycles. The molecule has 0 atom stereocenters. The highest BCUT2D eigenvalue weighted by Crippen LogP contribution is 2.13. The smallest absolute Gasteiger partial charge is 0.0703 e. The molecule has 11 heteroatoms. The molecule has 0 fully saturated rings. The summed E-state index contributed by atoms with van der Waals surface area (Å²) >= 11 is 0. The van der Waals surface area contributed by atoms with Crippen LogP contribution in [0.15, 0.2) is 0 Å². The Morgan fingerprint density at radius 2 is 0.423 bits per heavy atom. The van der Waals surface area contributed by atoms with Gasteiger partial charge in [-0.05, 0) is 20.3 Å². The summed E-state index contributed by atoms with van der Waals surface area (Å²) in [4.78, 5) is 0. The third kappa shape index (κ3) is 49.6. The van der Waals surface area contributed by atoms with Gasteiger partial charge in [-0.25, -0.2) is 0 Å². The first-order valence-corrected chi connectivity index (χ1v) is 21.2. The number of ether oxygens (including phenoxy) is 11. The molecule has 0 unspecified atom stereocenters. The standard InChI is InChI=1S/C41H84O11/c1-4-5-6-7-8-9-10-11-12-13-14-15-16-17-18-19-20-42-21-22-43-23-24-44-25-26-45-27-28-46-29-30-47-31-32-48-33-34-49-35-36-50-37-38-51-39-40-52-41(2)3/h41H,4-40H2,1-3H3. The van der Waals surface area contributed by atoms with Crippen LogP contribution in [-0.2, 0) is 52.1 Å². The van der Waals surface area contributed by atoms with E-state index >= 15 is 0 Å². The van der Waals surface area contributed by atoms with E-state index < -0.39 is 0 Å². The Labute approximate surface area is 320 Å². The van der Waals surface area contributed by atoms with Crippen molar-refractivity contribution in [3.05, 3.63) is 0 Å². The Bertz CT molecular complexity index is 615. The van der Waals surface area contributed by atoms with Gasteiger partial charge >= 0.3 is 0 Å². The normalized spacial score (nSPS) is 11.8. The summed E-state index contributed by atoms with van der Waals surface area (Å²) in [5, 5.41) is 0. The molecule has 0 aromatic heterocycles. The average molecular weight is 753 g/mol. The monoisotopic (exact) mass is 753 g/mol. The molecule has 0 N–H and O–H groups in total. The summed E-state index contributed by atoms with van der Waals surface area (Å²) in [6.07, 6.45) is 22.5. The van der Waals surface area contributed by atoms with Crippen molar-refractivity contribution in [2.45, 2.75) is 130 Å². The highest BCUT2D eigenvalue weighted by Gasteiger charge is 1.98. The lowest BCUT2D eigenvalue weighted by Crippen LogP contribution is -2.15. The van der Waals surface area contributed by atoms with Gasteiger partial charge in [0, 0.05) is 6.61 Å². The molecule has 0 saturated heterocycles. The molecule has 0 aliphatic carbocycles. The summed E-state index contributed by atoms with van der Waals surface area (Å²) in [5.74, 6) is 0. The largest absolute Gasteiger partial charge is 0.379 e. The molecule has 0 rings (SSSR count). The van der Waals surface area contributed by atoms with E-state index in [1.54, 1.807) is 0 Å². The second-order valence-corrected chi connectivity index (χ2v) is 13.3. The van der Waals surface area contributed by atoms with Crippen molar-refractivity contribution in [3.63, 3.8) is 0 Å². The lowest BCUT2D eigenvalue weighted by atomic mass is 10.0. The van der Waals surface area contributed by atoms with Crippen LogP contribution in [0.1, 0.15) is 124 Å². The molecule has 52 heavy (non-hydrogen) atoms. The van der Waals surface area contributed by atoms with Crippen molar-refractivity contribution < 1.29 is 52.1 Å². The summed E-state index contributed by atoms with van der Waals surface area (Å²) in [6.45, 7) is 18.3. The van der Waals surface area contributed by atoms with E-state index in [0.29, 0.717) is 132 Å². The third-order valence-corrected chi connectivity index (χ3v) is 8.17. The fourth-order valence-corrected chi connectivity index (χ4v) is 5.18. The van der Waals surface area contributed by atoms with Crippen LogP contribution in [0.25, 0.3) is 0 Å². The van der Waals surface area contributed by atoms with Crippen LogP contribution in [-0.4, -0.2) is 145 Å². The van der Waals surface area contributed by atoms with Crippen molar-refractivity contribution in [2.24, 2.45) is 0 Å². The zero-order chi connectivity index (χ0) is 37.5. The SMILES string of the molecule is CCCCCCCCCCCCCCCCCCOCCOCCOCCOCCOCCOCCOCCOCCOCCOCCOC(C)C. The third-order valence-electron chi connectivity index (χ3n) is 8.17. The van der Waals surface area contributed by atoms with Crippen molar-refractivity contribution in [1.82, 2.24) is 0 Å². The van der Waals surface area contributed by atoms with E-state index in [1.165, 1.54) is 96.3 Å². The van der Waals surface area contributed by atoms with E-state index in [4.69, 9.17) is 52.1 Å². The van der Waals surface area contributed by atoms with Gasteiger partial charge in [0.15, 0.2) is 0 Å². The fourth-order valence-electron chi connectivity index (χ4n) is 5.18. The van der Waals surface area contributed by atoms with Crippen LogP contribution >= 0.6 is 0 Å². The van der Waals surface area contributed by atoms with Crippen LogP contribution in [0.3, 0.4) is 0 Å². The Kier molecular flexibility index (Phi) is 48.2. The van der Waals surface area contributed by atoms with E-state index in [1.807, 2.05) is 13.8 Å². The van der Waals surface area contributed by atoms with Gasteiger partial charge in [-0.15, -0.1) is 0 Å². The second-order valence-electron chi connectivity index (χ2n) is 13.3. The van der Waals surface area contributed by atoms with Crippen molar-refractivity contribution in [1.29, 1.82) is 0 Å². The zero-order valence-corrected chi connectivity index (χ0v) is 34.2. The lowest BCUT2D eigenvalue weighted by molar-refractivity contribution is -0.0286. The second kappa shape index (κ2) is 48.6. The maximum absolute atomic E-state index is 5.69. The lowest BCUT2D eigenvalue weighted by Gasteiger charge is -2.09. The average Bonchev–Trinajstić information content (AvgIpc) is 3.14. The van der Waals surface area contributed by atoms with Gasteiger partial charge < -0.3 is 52.1 Å². The Hall–Kier alpha value is -0.440. The molecule has 314 valence electrons. The van der Waals surface area contributed by atoms with Gasteiger partial charge in [-0.3, -0.25) is 0 Å². The molecule has 0 radical (unpaired) electrons. The molecular weight excluding hydrogens is 668 g/mol. The molecule has 0 amide bonds. The van der Waals surface area contributed by atoms with Crippen LogP contribution < -0.4 is 0 Å². The van der Waals surface area contributed by atoms with Gasteiger partial charge in [0.1, 0.15) is 0 Å². The summed E-state index contributed by atoms with van der Waals surface area (Å²) in [7, 11) is 0. The summed E-state index contributed by atoms with van der Waals surface area (Å²) in [6, 6.07) is 0. The van der Waals surface area contributed by atoms with Crippen LogP contribution in [0, 0.1) is 0 Å². The molecule has 0 aromatic carbocycles. The van der Waals surface area contributed by atoms with E-state index in [9.17, 15) is 0 Å². The van der Waals surface area contributed by atoms with Gasteiger partial charge in [0.05, 0.1) is 138 Å². The van der Waals surface area contributed by atoms with E-state index in [0.717, 1.165) is 13.0 Å². The zero-order valence-electron chi connectivity index (χ0n) is 34.2. The molecule has 0 spiro atoms. The minimum absolute atomic E-state index is 0.235. The van der Waals surface area contributed by atoms with Crippen molar-refractivity contribution in [2.75, 3.05) is 139 Å². The number of hydrogen-bond donors (Lipinski definition) is 0. The van der Waals surface area contributed by atoms with E-state index in [-0.39, 0.29) is 6.10 Å². The predicted molar refractivity (Wildman–Crippen MR) is 209 cm³/mol. The van der Waals surface area contributed by atoms with Crippen molar-refractivity contribution in [3.8, 4) is 0 Å². The molecule has 0 aromatic rings. The summed E-state index contributed by atoms with van der Waals surface area (Å²) in [5.41, 5.74) is 0. The fraction of sp³-hybridized carbons (Fsp3) is 1.00. The van der Waals surface area contributed by atoms with Crippen LogP contribution in [0.4, 0.5) is 0 Å². The first kappa shape index (κ1) is 51.6. The molecule has 11 nitrogen and oxygen atoms in total. The first-order chi connectivity index (χ1) is 25.8. The maximum Gasteiger partial charge on any atom is 0.0703 e. The Morgan fingerprint density at radius 1 is 0.231 bits per heavy atom. The van der Waals surface area contributed by atoms with Gasteiger partial charge in [0.25, 0.3) is 0 Å². The number of unbranched alkanes of at least 4 members (excludes halogenated alkanes) is 15. The van der Waals surface area contributed by atoms with Crippen LogP contribution in [0.2, 0.25) is 0 Å². The molecule has 0 aliphatic rings. The first-order valence-electron chi connectivity index (χ1n) is 21.2. The Balaban J connectivity index is 3.05. The van der Waals surface area contributed by atoms with Gasteiger partial charge in [-0.2, -0.15) is 0 Å². The maximum atomic E-state index is 5.69. The quantitative estimate of drug-likeness (QED) is 0.0569.